The smallest absolute Gasteiger partial charge is 0.236 e. The molecule has 1 atom stereocenters. The highest BCUT2D eigenvalue weighted by Gasteiger charge is 2.20. The highest BCUT2D eigenvalue weighted by Crippen LogP contribution is 2.13. The summed E-state index contributed by atoms with van der Waals surface area (Å²) in [6.45, 7) is 6.34. The van der Waals surface area contributed by atoms with Crippen LogP contribution in [-0.4, -0.2) is 31.2 Å². The third-order valence-electron chi connectivity index (χ3n) is 2.18. The van der Waals surface area contributed by atoms with E-state index in [1.165, 1.54) is 0 Å². The van der Waals surface area contributed by atoms with E-state index in [0.29, 0.717) is 6.61 Å². The highest BCUT2D eigenvalue weighted by molar-refractivity contribution is 5.79. The first kappa shape index (κ1) is 12.4. The van der Waals surface area contributed by atoms with Crippen LogP contribution in [0.25, 0.3) is 0 Å². The zero-order valence-corrected chi connectivity index (χ0v) is 8.89. The van der Waals surface area contributed by atoms with Gasteiger partial charge in [-0.1, -0.05) is 6.92 Å². The van der Waals surface area contributed by atoms with Crippen LogP contribution < -0.4 is 11.1 Å². The molecule has 0 aliphatic rings. The Morgan fingerprint density at radius 2 is 2.15 bits per heavy atom. The van der Waals surface area contributed by atoms with Crippen LogP contribution in [0, 0.1) is 0 Å². The lowest BCUT2D eigenvalue weighted by Gasteiger charge is -2.25. The highest BCUT2D eigenvalue weighted by atomic mass is 16.5. The number of carbonyl (C=O) groups excluding carboxylic acids is 1. The Balaban J connectivity index is 3.92. The molecule has 78 valence electrons. The van der Waals surface area contributed by atoms with Gasteiger partial charge in [-0.05, 0) is 27.3 Å². The van der Waals surface area contributed by atoms with Gasteiger partial charge in [-0.25, -0.2) is 0 Å². The molecule has 0 aliphatic carbocycles. The van der Waals surface area contributed by atoms with E-state index < -0.39 is 6.04 Å². The van der Waals surface area contributed by atoms with Crippen molar-refractivity contribution < 1.29 is 9.53 Å². The van der Waals surface area contributed by atoms with E-state index in [0.717, 1.165) is 6.42 Å². The number of nitrogens with two attached hydrogens (primary N) is 1. The van der Waals surface area contributed by atoms with Gasteiger partial charge in [0.1, 0.15) is 6.04 Å². The summed E-state index contributed by atoms with van der Waals surface area (Å²) in [5.74, 6) is -0.380. The molecule has 4 heteroatoms. The van der Waals surface area contributed by atoms with Crippen LogP contribution in [0.4, 0.5) is 0 Å². The number of rotatable bonds is 6. The molecule has 0 heterocycles. The van der Waals surface area contributed by atoms with E-state index in [9.17, 15) is 4.79 Å². The molecule has 0 aromatic heterocycles. The maximum absolute atomic E-state index is 10.8. The fourth-order valence-electron chi connectivity index (χ4n) is 0.719. The van der Waals surface area contributed by atoms with Crippen molar-refractivity contribution in [1.29, 1.82) is 0 Å². The molecule has 1 unspecified atom stereocenters. The van der Waals surface area contributed by atoms with Crippen LogP contribution >= 0.6 is 0 Å². The van der Waals surface area contributed by atoms with Gasteiger partial charge in [-0.15, -0.1) is 0 Å². The molecule has 0 rings (SSSR count). The van der Waals surface area contributed by atoms with Crippen molar-refractivity contribution in [3.05, 3.63) is 0 Å². The summed E-state index contributed by atoms with van der Waals surface area (Å²) in [4.78, 5) is 10.8. The molecule has 0 spiro atoms. The monoisotopic (exact) mass is 188 g/mol. The molecule has 0 fully saturated rings. The number of hydrogen-bond acceptors (Lipinski definition) is 3. The Hall–Kier alpha value is -0.610. The average molecular weight is 188 g/mol. The molecule has 0 radical (unpaired) electrons. The van der Waals surface area contributed by atoms with Crippen LogP contribution in [0.1, 0.15) is 27.2 Å². The summed E-state index contributed by atoms with van der Waals surface area (Å²) >= 11 is 0. The molecule has 0 aromatic carbocycles. The molecule has 0 saturated heterocycles. The SMILES string of the molecule is CCC(C)(C)OCC(NC)C(N)=O. The predicted octanol–water partition coefficient (Wildman–Crippen LogP) is 0.265. The molecule has 0 bridgehead atoms. The number of ether oxygens (including phenoxy) is 1. The Morgan fingerprint density at radius 3 is 2.46 bits per heavy atom. The first-order chi connectivity index (χ1) is 5.93. The third kappa shape index (κ3) is 4.85. The number of primary amides is 1. The zero-order valence-electron chi connectivity index (χ0n) is 8.89. The van der Waals surface area contributed by atoms with Gasteiger partial charge in [-0.2, -0.15) is 0 Å². The maximum Gasteiger partial charge on any atom is 0.236 e. The summed E-state index contributed by atoms with van der Waals surface area (Å²) in [6.07, 6.45) is 0.905. The molecular weight excluding hydrogens is 168 g/mol. The van der Waals surface area contributed by atoms with Gasteiger partial charge in [0.2, 0.25) is 5.91 Å². The van der Waals surface area contributed by atoms with Crippen molar-refractivity contribution in [2.45, 2.75) is 38.8 Å². The molecule has 0 saturated carbocycles. The second kappa shape index (κ2) is 5.19. The van der Waals surface area contributed by atoms with E-state index in [2.05, 4.69) is 5.32 Å². The van der Waals surface area contributed by atoms with Crippen LogP contribution in [0.15, 0.2) is 0 Å². The maximum atomic E-state index is 10.8. The quantitative estimate of drug-likeness (QED) is 0.628. The predicted molar refractivity (Wildman–Crippen MR) is 52.4 cm³/mol. The molecule has 1 amide bonds. The van der Waals surface area contributed by atoms with Crippen LogP contribution in [0.3, 0.4) is 0 Å². The van der Waals surface area contributed by atoms with Crippen LogP contribution in [-0.2, 0) is 9.53 Å². The van der Waals surface area contributed by atoms with E-state index in [1.807, 2.05) is 20.8 Å². The third-order valence-corrected chi connectivity index (χ3v) is 2.18. The van der Waals surface area contributed by atoms with Crippen molar-refractivity contribution in [1.82, 2.24) is 5.32 Å². The van der Waals surface area contributed by atoms with E-state index >= 15 is 0 Å². The topological polar surface area (TPSA) is 64.3 Å². The second-order valence-corrected chi connectivity index (χ2v) is 3.67. The van der Waals surface area contributed by atoms with Crippen molar-refractivity contribution in [2.24, 2.45) is 5.73 Å². The van der Waals surface area contributed by atoms with Gasteiger partial charge in [0.25, 0.3) is 0 Å². The Bertz CT molecular complexity index is 169. The fourth-order valence-corrected chi connectivity index (χ4v) is 0.719. The number of hydrogen-bond donors (Lipinski definition) is 2. The van der Waals surface area contributed by atoms with Crippen molar-refractivity contribution in [3.8, 4) is 0 Å². The van der Waals surface area contributed by atoms with Crippen LogP contribution in [0.2, 0.25) is 0 Å². The van der Waals surface area contributed by atoms with Crippen molar-refractivity contribution in [3.63, 3.8) is 0 Å². The van der Waals surface area contributed by atoms with E-state index in [1.54, 1.807) is 7.05 Å². The van der Waals surface area contributed by atoms with Crippen molar-refractivity contribution in [2.75, 3.05) is 13.7 Å². The number of nitrogens with one attached hydrogen (secondary N) is 1. The Morgan fingerprint density at radius 1 is 1.62 bits per heavy atom. The van der Waals surface area contributed by atoms with Gasteiger partial charge >= 0.3 is 0 Å². The van der Waals surface area contributed by atoms with E-state index in [4.69, 9.17) is 10.5 Å². The summed E-state index contributed by atoms with van der Waals surface area (Å²) in [5, 5.41) is 2.80. The number of carbonyl (C=O) groups is 1. The fraction of sp³-hybridized carbons (Fsp3) is 0.889. The number of likely N-dealkylation sites (N-methyl/N-ethyl adjacent to an activating group) is 1. The lowest BCUT2D eigenvalue weighted by molar-refractivity contribution is -0.123. The summed E-state index contributed by atoms with van der Waals surface area (Å²) < 4.78 is 5.53. The molecule has 4 nitrogen and oxygen atoms in total. The van der Waals surface area contributed by atoms with Gasteiger partial charge in [0, 0.05) is 0 Å². The van der Waals surface area contributed by atoms with Gasteiger partial charge in [0.15, 0.2) is 0 Å². The van der Waals surface area contributed by atoms with Gasteiger partial charge in [0.05, 0.1) is 12.2 Å². The minimum atomic E-state index is -0.397. The van der Waals surface area contributed by atoms with E-state index in [-0.39, 0.29) is 11.5 Å². The second-order valence-electron chi connectivity index (χ2n) is 3.67. The first-order valence-electron chi connectivity index (χ1n) is 4.53. The summed E-state index contributed by atoms with van der Waals surface area (Å²) in [5.41, 5.74) is 4.95. The normalized spacial score (nSPS) is 14.2. The molecule has 0 aromatic rings. The number of amides is 1. The standard InChI is InChI=1S/C9H20N2O2/c1-5-9(2,3)13-6-7(11-4)8(10)12/h7,11H,5-6H2,1-4H3,(H2,10,12). The summed E-state index contributed by atoms with van der Waals surface area (Å²) in [7, 11) is 1.69. The Kier molecular flexibility index (Phi) is 4.95. The molecule has 3 N–H and O–H groups in total. The molecular formula is C9H20N2O2. The van der Waals surface area contributed by atoms with Gasteiger partial charge < -0.3 is 15.8 Å². The average Bonchev–Trinajstić information content (AvgIpc) is 2.05. The molecule has 0 aliphatic heterocycles. The molecule has 13 heavy (non-hydrogen) atoms. The lowest BCUT2D eigenvalue weighted by Crippen LogP contribution is -2.44. The largest absolute Gasteiger partial charge is 0.373 e. The zero-order chi connectivity index (χ0) is 10.5. The minimum absolute atomic E-state index is 0.190. The van der Waals surface area contributed by atoms with Gasteiger partial charge in [-0.3, -0.25) is 4.79 Å². The van der Waals surface area contributed by atoms with Crippen LogP contribution in [0.5, 0.6) is 0 Å². The van der Waals surface area contributed by atoms with Crippen molar-refractivity contribution >= 4 is 5.91 Å². The Labute approximate surface area is 79.8 Å². The first-order valence-corrected chi connectivity index (χ1v) is 4.53. The summed E-state index contributed by atoms with van der Waals surface area (Å²) in [6, 6.07) is -0.397. The lowest BCUT2D eigenvalue weighted by atomic mass is 10.1. The minimum Gasteiger partial charge on any atom is -0.373 e.